The first-order valence-electron chi connectivity index (χ1n) is 17.6. The maximum atomic E-state index is 12.2. The molecule has 10 aliphatic rings. The van der Waals surface area contributed by atoms with E-state index in [0.29, 0.717) is 11.8 Å². The molecule has 2 saturated carbocycles. The van der Waals surface area contributed by atoms with Gasteiger partial charge in [-0.2, -0.15) is 0 Å². The summed E-state index contributed by atoms with van der Waals surface area (Å²) in [6.45, 7) is 12.5. The maximum Gasteiger partial charge on any atom is 0.201 e. The predicted molar refractivity (Wildman–Crippen MR) is 155 cm³/mol. The van der Waals surface area contributed by atoms with Crippen molar-refractivity contribution in [2.75, 3.05) is 6.61 Å². The van der Waals surface area contributed by atoms with Crippen molar-refractivity contribution in [3.8, 4) is 0 Å². The summed E-state index contributed by atoms with van der Waals surface area (Å²) in [6, 6.07) is 0. The van der Waals surface area contributed by atoms with E-state index in [-0.39, 0.29) is 67.2 Å². The quantitative estimate of drug-likeness (QED) is 0.407. The Labute approximate surface area is 261 Å². The van der Waals surface area contributed by atoms with Crippen LogP contribution in [0.15, 0.2) is 0 Å². The molecule has 0 aromatic carbocycles. The standard InChI is InChI=1S/C34H54O10/c1-18-7-9-24-20(3)26(37-28-33(24)22(18)11-13-30(5,39-28)41-43-33)15-32(36,17-35)16-27-21(4)25-10-8-19(2)23-12-14-31(6)40-29(38-27)34(23,25)44-42-31/h18-29,35-36H,7-17H2,1-6H3/t18-,19-,20-,21-,22+,23+,24+,25+,26-,27-,28-,29-,30+,31+,33-,34-/m1/s1. The van der Waals surface area contributed by atoms with E-state index in [2.05, 4.69) is 27.7 Å². The smallest absolute Gasteiger partial charge is 0.201 e. The molecule has 250 valence electrons. The highest BCUT2D eigenvalue weighted by Crippen LogP contribution is 2.63. The lowest BCUT2D eigenvalue weighted by Gasteiger charge is -2.61. The molecule has 0 radical (unpaired) electrons. The third-order valence-electron chi connectivity index (χ3n) is 14.0. The Bertz CT molecular complexity index is 1040. The molecule has 10 rings (SSSR count). The average Bonchev–Trinajstić information content (AvgIpc) is 3.36. The van der Waals surface area contributed by atoms with Gasteiger partial charge < -0.3 is 29.2 Å². The van der Waals surface area contributed by atoms with E-state index < -0.39 is 41.0 Å². The first kappa shape index (κ1) is 30.9. The Hall–Kier alpha value is -0.400. The summed E-state index contributed by atoms with van der Waals surface area (Å²) >= 11 is 0. The molecule has 0 aromatic rings. The molecule has 8 aliphatic heterocycles. The first-order chi connectivity index (χ1) is 20.9. The highest BCUT2D eigenvalue weighted by molar-refractivity contribution is 5.12. The molecule has 0 amide bonds. The van der Waals surface area contributed by atoms with Crippen LogP contribution >= 0.6 is 0 Å². The van der Waals surface area contributed by atoms with Crippen LogP contribution in [0.3, 0.4) is 0 Å². The fourth-order valence-corrected chi connectivity index (χ4v) is 11.4. The molecule has 2 spiro atoms. The van der Waals surface area contributed by atoms with E-state index in [1.54, 1.807) is 0 Å². The van der Waals surface area contributed by atoms with Gasteiger partial charge in [-0.05, 0) is 87.9 Å². The van der Waals surface area contributed by atoms with Crippen LogP contribution in [0.4, 0.5) is 0 Å². The van der Waals surface area contributed by atoms with Crippen LogP contribution in [0.1, 0.15) is 106 Å². The van der Waals surface area contributed by atoms with Crippen LogP contribution < -0.4 is 0 Å². The van der Waals surface area contributed by atoms with E-state index in [9.17, 15) is 10.2 Å². The van der Waals surface area contributed by atoms with Gasteiger partial charge in [-0.1, -0.05) is 27.7 Å². The number of aliphatic hydroxyl groups excluding tert-OH is 1. The van der Waals surface area contributed by atoms with Crippen LogP contribution in [-0.2, 0) is 38.5 Å². The summed E-state index contributed by atoms with van der Waals surface area (Å²) in [4.78, 5) is 24.6. The monoisotopic (exact) mass is 622 g/mol. The van der Waals surface area contributed by atoms with Gasteiger partial charge in [-0.25, -0.2) is 19.6 Å². The minimum atomic E-state index is -1.41. The topological polar surface area (TPSA) is 114 Å². The average molecular weight is 623 g/mol. The molecular weight excluding hydrogens is 568 g/mol. The van der Waals surface area contributed by atoms with Crippen LogP contribution in [0.5, 0.6) is 0 Å². The number of fused-ring (bicyclic) bond motifs is 4. The first-order valence-corrected chi connectivity index (χ1v) is 17.6. The molecule has 4 bridgehead atoms. The summed E-state index contributed by atoms with van der Waals surface area (Å²) in [5.41, 5.74) is -2.72. The lowest BCUT2D eigenvalue weighted by atomic mass is 9.56. The number of ether oxygens (including phenoxy) is 4. The highest BCUT2D eigenvalue weighted by atomic mass is 17.3. The second-order valence-electron chi connectivity index (χ2n) is 16.7. The van der Waals surface area contributed by atoms with Gasteiger partial charge in [0.25, 0.3) is 0 Å². The summed E-state index contributed by atoms with van der Waals surface area (Å²) in [6.07, 6.45) is 6.43. The minimum Gasteiger partial charge on any atom is -0.393 e. The highest BCUT2D eigenvalue weighted by Gasteiger charge is 2.71. The Morgan fingerprint density at radius 2 is 1.05 bits per heavy atom. The zero-order valence-electron chi connectivity index (χ0n) is 27.4. The predicted octanol–water partition coefficient (Wildman–Crippen LogP) is 4.99. The molecule has 2 N–H and O–H groups in total. The van der Waals surface area contributed by atoms with Crippen LogP contribution in [0, 0.1) is 47.3 Å². The van der Waals surface area contributed by atoms with Gasteiger partial charge in [0.1, 0.15) is 0 Å². The normalized spacial score (nSPS) is 59.2. The molecule has 10 nitrogen and oxygen atoms in total. The van der Waals surface area contributed by atoms with Crippen LogP contribution in [-0.4, -0.2) is 70.0 Å². The van der Waals surface area contributed by atoms with Crippen molar-refractivity contribution in [1.82, 2.24) is 0 Å². The van der Waals surface area contributed by atoms with Crippen molar-refractivity contribution < 1.29 is 48.7 Å². The molecule has 0 aromatic heterocycles. The van der Waals surface area contributed by atoms with Crippen molar-refractivity contribution in [3.63, 3.8) is 0 Å². The largest absolute Gasteiger partial charge is 0.393 e. The van der Waals surface area contributed by atoms with Crippen molar-refractivity contribution in [3.05, 3.63) is 0 Å². The molecule has 16 atom stereocenters. The van der Waals surface area contributed by atoms with E-state index in [4.69, 9.17) is 38.5 Å². The molecule has 2 aliphatic carbocycles. The lowest BCUT2D eigenvalue weighted by Crippen LogP contribution is -2.71. The van der Waals surface area contributed by atoms with Crippen molar-refractivity contribution in [2.24, 2.45) is 47.3 Å². The van der Waals surface area contributed by atoms with E-state index in [0.717, 1.165) is 51.4 Å². The third kappa shape index (κ3) is 4.28. The van der Waals surface area contributed by atoms with Gasteiger partial charge >= 0.3 is 0 Å². The van der Waals surface area contributed by atoms with E-state index >= 15 is 0 Å². The Balaban J connectivity index is 1.05. The molecular formula is C34H54O10. The Morgan fingerprint density at radius 1 is 0.614 bits per heavy atom. The van der Waals surface area contributed by atoms with Gasteiger partial charge in [0.05, 0.1) is 24.4 Å². The van der Waals surface area contributed by atoms with E-state index in [1.807, 2.05) is 13.8 Å². The van der Waals surface area contributed by atoms with Crippen LogP contribution in [0.25, 0.3) is 0 Å². The molecule has 8 saturated heterocycles. The molecule has 10 fully saturated rings. The molecule has 10 heteroatoms. The number of aliphatic hydroxyl groups is 2. The summed E-state index contributed by atoms with van der Waals surface area (Å²) in [7, 11) is 0. The molecule has 0 unspecified atom stereocenters. The molecule has 8 heterocycles. The van der Waals surface area contributed by atoms with Gasteiger partial charge in [0, 0.05) is 37.5 Å². The summed E-state index contributed by atoms with van der Waals surface area (Å²) < 4.78 is 26.7. The van der Waals surface area contributed by atoms with Gasteiger partial charge in [0.15, 0.2) is 23.8 Å². The fourth-order valence-electron chi connectivity index (χ4n) is 11.4. The lowest BCUT2D eigenvalue weighted by molar-refractivity contribution is -0.572. The number of hydrogen-bond donors (Lipinski definition) is 2. The van der Waals surface area contributed by atoms with Crippen molar-refractivity contribution in [2.45, 2.75) is 159 Å². The maximum absolute atomic E-state index is 12.2. The van der Waals surface area contributed by atoms with Crippen molar-refractivity contribution in [1.29, 1.82) is 0 Å². The van der Waals surface area contributed by atoms with E-state index in [1.165, 1.54) is 0 Å². The second-order valence-corrected chi connectivity index (χ2v) is 16.7. The zero-order chi connectivity index (χ0) is 30.9. The van der Waals surface area contributed by atoms with Gasteiger partial charge in [-0.3, -0.25) is 0 Å². The summed E-state index contributed by atoms with van der Waals surface area (Å²) in [5, 5.41) is 22.9. The molecule has 44 heavy (non-hydrogen) atoms. The van der Waals surface area contributed by atoms with Gasteiger partial charge in [-0.15, -0.1) is 0 Å². The third-order valence-corrected chi connectivity index (χ3v) is 14.0. The summed E-state index contributed by atoms with van der Waals surface area (Å²) in [5.74, 6) is 0.305. The van der Waals surface area contributed by atoms with Crippen LogP contribution in [0.2, 0.25) is 0 Å². The second kappa shape index (κ2) is 10.3. The Kier molecular flexibility index (Phi) is 7.23. The Morgan fingerprint density at radius 3 is 1.45 bits per heavy atom. The number of hydrogen-bond acceptors (Lipinski definition) is 10. The fraction of sp³-hybridized carbons (Fsp3) is 1.00. The SMILES string of the molecule is C[C@H]1[C@@H](CC(O)(CO)C[C@H]2O[C@@H]3O[C@]4(C)CC[C@H]5[C@H](C)CC[C@@H]([C@H]2C)[C@@]35OO4)O[C@@H]2O[C@]3(C)CC[C@H]4[C@H](C)CC[C@@H]1[C@@]24OO3. The zero-order valence-corrected chi connectivity index (χ0v) is 27.4. The minimum absolute atomic E-state index is 0.0777. The van der Waals surface area contributed by atoms with Gasteiger partial charge in [0.2, 0.25) is 11.6 Å². The van der Waals surface area contributed by atoms with Crippen molar-refractivity contribution >= 4 is 0 Å². The number of rotatable bonds is 5.